The van der Waals surface area contributed by atoms with Gasteiger partial charge in [-0.2, -0.15) is 0 Å². The fraction of sp³-hybridized carbons (Fsp3) is 0.564. The summed E-state index contributed by atoms with van der Waals surface area (Å²) in [6, 6.07) is 7.85. The van der Waals surface area contributed by atoms with Gasteiger partial charge in [0.05, 0.1) is 37.5 Å². The number of aromatic nitrogens is 1. The first kappa shape index (κ1) is 43.5. The summed E-state index contributed by atoms with van der Waals surface area (Å²) >= 11 is -1.34. The third-order valence-electron chi connectivity index (χ3n) is 10.1. The van der Waals surface area contributed by atoms with Gasteiger partial charge >= 0.3 is 0 Å². The number of aldehydes is 2. The van der Waals surface area contributed by atoms with Gasteiger partial charge in [0.25, 0.3) is 11.5 Å². The van der Waals surface area contributed by atoms with E-state index in [4.69, 9.17) is 14.5 Å². The van der Waals surface area contributed by atoms with Crippen molar-refractivity contribution in [2.75, 3.05) is 60.2 Å². The van der Waals surface area contributed by atoms with Gasteiger partial charge in [-0.3, -0.25) is 28.7 Å². The van der Waals surface area contributed by atoms with E-state index in [0.717, 1.165) is 44.1 Å². The van der Waals surface area contributed by atoms with Gasteiger partial charge in [0, 0.05) is 76.2 Å². The zero-order chi connectivity index (χ0) is 39.6. The van der Waals surface area contributed by atoms with E-state index in [1.165, 1.54) is 19.0 Å². The number of likely N-dealkylation sites (N-methyl/N-ethyl adjacent to an activating group) is 1. The second-order valence-corrected chi connectivity index (χ2v) is 15.0. The van der Waals surface area contributed by atoms with Gasteiger partial charge in [0.2, 0.25) is 5.91 Å². The molecule has 1 saturated carbocycles. The third kappa shape index (κ3) is 12.7. The minimum atomic E-state index is -1.34. The van der Waals surface area contributed by atoms with Crippen LogP contribution in [0.25, 0.3) is 0 Å². The van der Waals surface area contributed by atoms with Crippen LogP contribution < -0.4 is 15.6 Å². The molecular weight excluding hydrogens is 727 g/mol. The van der Waals surface area contributed by atoms with Crippen molar-refractivity contribution < 1.29 is 32.9 Å². The highest BCUT2D eigenvalue weighted by Gasteiger charge is 2.26. The molecule has 1 aliphatic carbocycles. The highest BCUT2D eigenvalue weighted by molar-refractivity contribution is 7.80. The zero-order valence-electron chi connectivity index (χ0n) is 32.0. The maximum atomic E-state index is 13.2. The highest BCUT2D eigenvalue weighted by Crippen LogP contribution is 2.32. The van der Waals surface area contributed by atoms with Crippen molar-refractivity contribution in [3.05, 3.63) is 62.9 Å². The molecule has 55 heavy (non-hydrogen) atoms. The lowest BCUT2D eigenvalue weighted by molar-refractivity contribution is -0.121. The predicted octanol–water partition coefficient (Wildman–Crippen LogP) is 2.99. The molecule has 4 rings (SSSR count). The summed E-state index contributed by atoms with van der Waals surface area (Å²) in [6.07, 6.45) is 10.2. The Bertz CT molecular complexity index is 1720. The molecule has 2 unspecified atom stereocenters. The Balaban J connectivity index is 1.09. The normalized spacial score (nSPS) is 16.5. The molecule has 1 aliphatic heterocycles. The lowest BCUT2D eigenvalue weighted by atomic mass is 9.97. The summed E-state index contributed by atoms with van der Waals surface area (Å²) in [4.78, 5) is 71.3. The number of carbonyl (C=O) groups excluding carboxylic acids is 4. The number of hydrogen-bond donors (Lipinski definition) is 2. The maximum Gasteiger partial charge on any atom is 0.254 e. The smallest absolute Gasteiger partial charge is 0.254 e. The van der Waals surface area contributed by atoms with Gasteiger partial charge in [-0.25, -0.2) is 18.2 Å². The van der Waals surface area contributed by atoms with Crippen LogP contribution in [0.1, 0.15) is 95.7 Å². The van der Waals surface area contributed by atoms with Crippen LogP contribution in [0.15, 0.2) is 45.1 Å². The molecule has 300 valence electrons. The average molecular weight is 782 g/mol. The van der Waals surface area contributed by atoms with Crippen LogP contribution in [0.2, 0.25) is 0 Å². The van der Waals surface area contributed by atoms with Gasteiger partial charge in [-0.05, 0) is 69.4 Å². The maximum absolute atomic E-state index is 13.2. The molecule has 1 aromatic carbocycles. The molecule has 2 aromatic rings. The Morgan fingerprint density at radius 1 is 1.05 bits per heavy atom. The molecule has 2 N–H and O–H groups in total. The van der Waals surface area contributed by atoms with Crippen LogP contribution in [0.3, 0.4) is 0 Å². The van der Waals surface area contributed by atoms with Crippen LogP contribution in [-0.2, 0) is 36.7 Å². The van der Waals surface area contributed by atoms with E-state index in [1.54, 1.807) is 41.1 Å². The summed E-state index contributed by atoms with van der Waals surface area (Å²) < 4.78 is 30.8. The molecule has 2 heterocycles. The van der Waals surface area contributed by atoms with Crippen LogP contribution in [0, 0.1) is 0 Å². The number of carbonyl (C=O) groups is 4. The summed E-state index contributed by atoms with van der Waals surface area (Å²) in [7, 11) is 2.99. The molecule has 0 spiro atoms. The number of ether oxygens (including phenoxy) is 2. The Kier molecular flexibility index (Phi) is 18.2. The van der Waals surface area contributed by atoms with E-state index in [9.17, 15) is 28.2 Å². The third-order valence-corrected chi connectivity index (χ3v) is 11.4. The first-order chi connectivity index (χ1) is 26.7. The molecule has 0 bridgehead atoms. The van der Waals surface area contributed by atoms with Crippen molar-refractivity contribution in [2.45, 2.75) is 82.3 Å². The van der Waals surface area contributed by atoms with Gasteiger partial charge in [-0.1, -0.05) is 25.0 Å². The van der Waals surface area contributed by atoms with E-state index in [2.05, 4.69) is 21.7 Å². The van der Waals surface area contributed by atoms with Gasteiger partial charge in [0.15, 0.2) is 17.5 Å². The van der Waals surface area contributed by atoms with E-state index in [1.807, 2.05) is 4.31 Å². The van der Waals surface area contributed by atoms with Crippen molar-refractivity contribution in [3.8, 4) is 0 Å². The van der Waals surface area contributed by atoms with Crippen LogP contribution >= 0.6 is 0 Å². The minimum Gasteiger partial charge on any atom is -0.379 e. The Labute approximate surface area is 325 Å². The second kappa shape index (κ2) is 23.0. The molecular formula is C39H55N7O8S. The van der Waals surface area contributed by atoms with E-state index < -0.39 is 23.1 Å². The molecule has 0 radical (unpaired) electrons. The zero-order valence-corrected chi connectivity index (χ0v) is 32.8. The number of rotatable bonds is 23. The summed E-state index contributed by atoms with van der Waals surface area (Å²) in [5.74, 6) is -0.114. The molecule has 1 saturated heterocycles. The number of nitrogens with one attached hydrogen (secondary N) is 2. The molecule has 2 fully saturated rings. The summed E-state index contributed by atoms with van der Waals surface area (Å²) in [5.41, 5.74) is 1.92. The second-order valence-electron chi connectivity index (χ2n) is 13.7. The lowest BCUT2D eigenvalue weighted by Crippen LogP contribution is -2.42. The van der Waals surface area contributed by atoms with Crippen molar-refractivity contribution in [1.82, 2.24) is 23.8 Å². The average Bonchev–Trinajstić information content (AvgIpc) is 3.75. The largest absolute Gasteiger partial charge is 0.379 e. The van der Waals surface area contributed by atoms with Crippen LogP contribution in [0.5, 0.6) is 0 Å². The van der Waals surface area contributed by atoms with Gasteiger partial charge < -0.3 is 24.5 Å². The van der Waals surface area contributed by atoms with E-state index in [0.29, 0.717) is 82.9 Å². The van der Waals surface area contributed by atoms with E-state index in [-0.39, 0.29) is 47.5 Å². The van der Waals surface area contributed by atoms with Crippen molar-refractivity contribution in [3.63, 3.8) is 0 Å². The molecule has 15 nitrogen and oxygen atoms in total. The number of hydrogen-bond acceptors (Lipinski definition) is 10. The van der Waals surface area contributed by atoms with Crippen LogP contribution in [0.4, 0.5) is 5.82 Å². The summed E-state index contributed by atoms with van der Waals surface area (Å²) in [5, 5.41) is 2.50. The van der Waals surface area contributed by atoms with E-state index >= 15 is 0 Å². The number of benzene rings is 1. The molecule has 16 heteroatoms. The topological polar surface area (TPSA) is 181 Å². The lowest BCUT2D eigenvalue weighted by Gasteiger charge is -2.28. The number of amides is 2. The quantitative estimate of drug-likeness (QED) is 0.0981. The Morgan fingerprint density at radius 2 is 1.78 bits per heavy atom. The standard InChI is InChI=1S/C39H55N7O8S/c1-40-36(49)15-14-33(27-47)44(3)39(51)34-12-6-8-29(35(34)28-48)9-7-22-53-24-25-54-23-19-43-55(52)45-20-17-31(18-21-45)42-26-30-13-16-37(50)46(38(30)41-2)32-10-4-5-11-32/h6,8,12-13,16,26-28,31-33,43H,2,4-5,7,9-11,14-15,17-25H2,1,3H3,(H,40,49). The monoisotopic (exact) mass is 781 g/mol. The fourth-order valence-corrected chi connectivity index (χ4v) is 7.90. The predicted molar refractivity (Wildman–Crippen MR) is 213 cm³/mol. The number of aryl methyl sites for hydroxylation is 1. The minimum absolute atomic E-state index is 0.0544. The SMILES string of the molecule is C=Nc1c(C=NC2CCN(S(=O)NCCOCCOCCCc3cccc(C(=O)N(C)C(C=O)CCC(=O)NC)c3C=O)CC2)ccc(=O)n1C1CCCC1. The molecule has 2 aliphatic rings. The van der Waals surface area contributed by atoms with Gasteiger partial charge in [-0.15, -0.1) is 0 Å². The Hall–Kier alpha value is -4.22. The first-order valence-corrected chi connectivity index (χ1v) is 20.1. The fourth-order valence-electron chi connectivity index (χ4n) is 6.92. The number of nitrogens with zero attached hydrogens (tertiary/aromatic N) is 5. The van der Waals surface area contributed by atoms with Gasteiger partial charge in [0.1, 0.15) is 12.1 Å². The first-order valence-electron chi connectivity index (χ1n) is 19.0. The highest BCUT2D eigenvalue weighted by atomic mass is 32.2. The van der Waals surface area contributed by atoms with Crippen molar-refractivity contribution >= 4 is 54.3 Å². The van der Waals surface area contributed by atoms with Crippen molar-refractivity contribution in [2.24, 2.45) is 9.98 Å². The number of aliphatic imine (C=N–C) groups is 2. The number of pyridine rings is 1. The van der Waals surface area contributed by atoms with Crippen molar-refractivity contribution in [1.29, 1.82) is 0 Å². The summed E-state index contributed by atoms with van der Waals surface area (Å²) in [6.45, 7) is 6.94. The molecule has 1 aromatic heterocycles. The Morgan fingerprint density at radius 3 is 2.45 bits per heavy atom. The molecule has 2 atom stereocenters. The van der Waals surface area contributed by atoms with Crippen LogP contribution in [-0.4, -0.2) is 128 Å². The number of piperidine rings is 1. The molecule has 2 amide bonds.